The number of carbonyl (C=O) groups excluding carboxylic acids is 1. The Labute approximate surface area is 63.7 Å². The molecule has 5 heteroatoms. The maximum atomic E-state index is 10.9. The van der Waals surface area contributed by atoms with Crippen molar-refractivity contribution in [3.63, 3.8) is 0 Å². The van der Waals surface area contributed by atoms with E-state index in [9.17, 15) is 4.79 Å². The van der Waals surface area contributed by atoms with Crippen molar-refractivity contribution in [2.75, 3.05) is 19.5 Å². The molecule has 0 spiro atoms. The summed E-state index contributed by atoms with van der Waals surface area (Å²) in [5.74, 6) is 0.167. The van der Waals surface area contributed by atoms with Gasteiger partial charge in [0.15, 0.2) is 0 Å². The molecule has 0 unspecified atom stereocenters. The lowest BCUT2D eigenvalue weighted by Crippen LogP contribution is -2.03. The first-order valence-electron chi connectivity index (χ1n) is 3.09. The molecule has 1 aromatic heterocycles. The SMILES string of the molecule is CNc1[nH]ncc1C(=O)OC. The smallest absolute Gasteiger partial charge is 0.343 e. The Morgan fingerprint density at radius 3 is 3.09 bits per heavy atom. The van der Waals surface area contributed by atoms with Gasteiger partial charge in [-0.1, -0.05) is 0 Å². The molecule has 0 atom stereocenters. The zero-order chi connectivity index (χ0) is 8.27. The third-order valence-electron chi connectivity index (χ3n) is 1.29. The van der Waals surface area contributed by atoms with E-state index in [1.807, 2.05) is 0 Å². The van der Waals surface area contributed by atoms with E-state index < -0.39 is 5.97 Å². The van der Waals surface area contributed by atoms with Crippen LogP contribution in [0.5, 0.6) is 0 Å². The lowest BCUT2D eigenvalue weighted by Gasteiger charge is -1.98. The highest BCUT2D eigenvalue weighted by Gasteiger charge is 2.11. The van der Waals surface area contributed by atoms with Crippen LogP contribution in [-0.2, 0) is 4.74 Å². The van der Waals surface area contributed by atoms with Crippen molar-refractivity contribution >= 4 is 11.8 Å². The monoisotopic (exact) mass is 155 g/mol. The van der Waals surface area contributed by atoms with Gasteiger partial charge in [-0.15, -0.1) is 0 Å². The second-order valence-corrected chi connectivity index (χ2v) is 1.90. The maximum absolute atomic E-state index is 10.9. The van der Waals surface area contributed by atoms with Gasteiger partial charge in [-0.25, -0.2) is 4.79 Å². The molecule has 2 N–H and O–H groups in total. The van der Waals surface area contributed by atoms with Crippen LogP contribution in [0.4, 0.5) is 5.82 Å². The standard InChI is InChI=1S/C6H9N3O2/c1-7-5-4(3-8-9-5)6(10)11-2/h3H,1-2H3,(H2,7,8,9). The Morgan fingerprint density at radius 1 is 1.82 bits per heavy atom. The largest absolute Gasteiger partial charge is 0.465 e. The van der Waals surface area contributed by atoms with Gasteiger partial charge in [0.1, 0.15) is 11.4 Å². The van der Waals surface area contributed by atoms with E-state index in [2.05, 4.69) is 20.3 Å². The Morgan fingerprint density at radius 2 is 2.55 bits per heavy atom. The molecule has 60 valence electrons. The fraction of sp³-hybridized carbons (Fsp3) is 0.333. The second-order valence-electron chi connectivity index (χ2n) is 1.90. The molecule has 0 saturated heterocycles. The number of hydrogen-bond acceptors (Lipinski definition) is 4. The number of H-pyrrole nitrogens is 1. The molecule has 0 fully saturated rings. The summed E-state index contributed by atoms with van der Waals surface area (Å²) in [6, 6.07) is 0. The molecule has 0 amide bonds. The lowest BCUT2D eigenvalue weighted by molar-refractivity contribution is 0.0602. The Kier molecular flexibility index (Phi) is 2.10. The van der Waals surface area contributed by atoms with Crippen LogP contribution in [0.25, 0.3) is 0 Å². The number of aromatic amines is 1. The topological polar surface area (TPSA) is 67.0 Å². The highest BCUT2D eigenvalue weighted by atomic mass is 16.5. The number of esters is 1. The maximum Gasteiger partial charge on any atom is 0.343 e. The summed E-state index contributed by atoms with van der Waals surface area (Å²) in [6.07, 6.45) is 1.41. The van der Waals surface area contributed by atoms with Crippen LogP contribution < -0.4 is 5.32 Å². The zero-order valence-electron chi connectivity index (χ0n) is 6.34. The molecule has 0 saturated carbocycles. The summed E-state index contributed by atoms with van der Waals surface area (Å²) in [5.41, 5.74) is 0.412. The van der Waals surface area contributed by atoms with Crippen molar-refractivity contribution < 1.29 is 9.53 Å². The molecule has 11 heavy (non-hydrogen) atoms. The quantitative estimate of drug-likeness (QED) is 0.600. The number of nitrogens with zero attached hydrogens (tertiary/aromatic N) is 1. The van der Waals surface area contributed by atoms with Crippen molar-refractivity contribution in [2.24, 2.45) is 0 Å². The van der Waals surface area contributed by atoms with Gasteiger partial charge < -0.3 is 10.1 Å². The van der Waals surface area contributed by atoms with E-state index in [0.717, 1.165) is 0 Å². The van der Waals surface area contributed by atoms with E-state index in [-0.39, 0.29) is 0 Å². The Balaban J connectivity index is 2.92. The van der Waals surface area contributed by atoms with Crippen LogP contribution in [0.1, 0.15) is 10.4 Å². The Bertz CT molecular complexity index is 256. The summed E-state index contributed by atoms with van der Waals surface area (Å²) in [6.45, 7) is 0. The van der Waals surface area contributed by atoms with Crippen molar-refractivity contribution in [3.05, 3.63) is 11.8 Å². The first-order chi connectivity index (χ1) is 5.29. The normalized spacial score (nSPS) is 9.27. The second kappa shape index (κ2) is 3.05. The third-order valence-corrected chi connectivity index (χ3v) is 1.29. The lowest BCUT2D eigenvalue weighted by atomic mass is 10.3. The molecule has 0 bridgehead atoms. The number of ether oxygens (including phenoxy) is 1. The van der Waals surface area contributed by atoms with Gasteiger partial charge in [0.25, 0.3) is 0 Å². The van der Waals surface area contributed by atoms with Crippen molar-refractivity contribution in [3.8, 4) is 0 Å². The summed E-state index contributed by atoms with van der Waals surface area (Å²) in [4.78, 5) is 10.9. The van der Waals surface area contributed by atoms with Gasteiger partial charge in [-0.3, -0.25) is 5.10 Å². The Hall–Kier alpha value is -1.52. The molecule has 1 aromatic rings. The average molecular weight is 155 g/mol. The van der Waals surface area contributed by atoms with Crippen LogP contribution in [-0.4, -0.2) is 30.3 Å². The minimum absolute atomic E-state index is 0.400. The number of aromatic nitrogens is 2. The highest BCUT2D eigenvalue weighted by Crippen LogP contribution is 2.10. The number of carbonyl (C=O) groups is 1. The molecule has 1 rings (SSSR count). The highest BCUT2D eigenvalue weighted by molar-refractivity contribution is 5.94. The van der Waals surface area contributed by atoms with Gasteiger partial charge >= 0.3 is 5.97 Å². The van der Waals surface area contributed by atoms with E-state index in [1.54, 1.807) is 7.05 Å². The summed E-state index contributed by atoms with van der Waals surface area (Å²) < 4.78 is 4.50. The summed E-state index contributed by atoms with van der Waals surface area (Å²) in [7, 11) is 3.02. The molecule has 0 aliphatic rings. The number of anilines is 1. The molecule has 0 aliphatic carbocycles. The van der Waals surface area contributed by atoms with Crippen molar-refractivity contribution in [1.29, 1.82) is 0 Å². The van der Waals surface area contributed by atoms with E-state index in [0.29, 0.717) is 11.4 Å². The van der Waals surface area contributed by atoms with Crippen LogP contribution in [0.3, 0.4) is 0 Å². The molecular weight excluding hydrogens is 146 g/mol. The van der Waals surface area contributed by atoms with Crippen LogP contribution in [0.2, 0.25) is 0 Å². The average Bonchev–Trinajstić information content (AvgIpc) is 2.50. The van der Waals surface area contributed by atoms with Gasteiger partial charge in [-0.2, -0.15) is 5.10 Å². The number of rotatable bonds is 2. The first kappa shape index (κ1) is 7.59. The van der Waals surface area contributed by atoms with Crippen LogP contribution >= 0.6 is 0 Å². The van der Waals surface area contributed by atoms with Gasteiger partial charge in [0.2, 0.25) is 0 Å². The van der Waals surface area contributed by atoms with Crippen molar-refractivity contribution in [2.45, 2.75) is 0 Å². The molecule has 0 aromatic carbocycles. The number of methoxy groups -OCH3 is 1. The number of hydrogen-bond donors (Lipinski definition) is 2. The molecule has 1 heterocycles. The van der Waals surface area contributed by atoms with Crippen LogP contribution in [0.15, 0.2) is 6.20 Å². The molecule has 5 nitrogen and oxygen atoms in total. The predicted molar refractivity (Wildman–Crippen MR) is 39.5 cm³/mol. The van der Waals surface area contributed by atoms with Gasteiger partial charge in [-0.05, 0) is 0 Å². The fourth-order valence-corrected chi connectivity index (χ4v) is 0.741. The predicted octanol–water partition coefficient (Wildman–Crippen LogP) is 0.238. The number of nitrogens with one attached hydrogen (secondary N) is 2. The van der Waals surface area contributed by atoms with Gasteiger partial charge in [0.05, 0.1) is 13.3 Å². The van der Waals surface area contributed by atoms with Crippen LogP contribution in [0, 0.1) is 0 Å². The summed E-state index contributed by atoms with van der Waals surface area (Å²) >= 11 is 0. The zero-order valence-corrected chi connectivity index (χ0v) is 6.34. The minimum atomic E-state index is -0.400. The fourth-order valence-electron chi connectivity index (χ4n) is 0.741. The first-order valence-corrected chi connectivity index (χ1v) is 3.09. The van der Waals surface area contributed by atoms with E-state index >= 15 is 0 Å². The third kappa shape index (κ3) is 1.31. The summed E-state index contributed by atoms with van der Waals surface area (Å²) in [5, 5.41) is 9.05. The minimum Gasteiger partial charge on any atom is -0.465 e. The molecule has 0 aliphatic heterocycles. The van der Waals surface area contributed by atoms with Gasteiger partial charge in [0, 0.05) is 7.05 Å². The van der Waals surface area contributed by atoms with E-state index in [4.69, 9.17) is 0 Å². The van der Waals surface area contributed by atoms with E-state index in [1.165, 1.54) is 13.3 Å². The van der Waals surface area contributed by atoms with Crippen molar-refractivity contribution in [1.82, 2.24) is 10.2 Å². The molecule has 0 radical (unpaired) electrons. The molecular formula is C6H9N3O2.